The highest BCUT2D eigenvalue weighted by molar-refractivity contribution is 6.08. The van der Waals surface area contributed by atoms with Crippen molar-refractivity contribution in [2.75, 3.05) is 0 Å². The van der Waals surface area contributed by atoms with Gasteiger partial charge in [0.2, 0.25) is 0 Å². The van der Waals surface area contributed by atoms with Crippen molar-refractivity contribution in [2.45, 2.75) is 27.2 Å². The van der Waals surface area contributed by atoms with Gasteiger partial charge in [-0.1, -0.05) is 5.57 Å². The minimum atomic E-state index is -0.604. The Hall–Kier alpha value is -1.25. The van der Waals surface area contributed by atoms with Crippen LogP contribution in [0.5, 0.6) is 0 Å². The zero-order valence-electron chi connectivity index (χ0n) is 8.66. The molecule has 0 heterocycles. The molecule has 0 amide bonds. The summed E-state index contributed by atoms with van der Waals surface area (Å²) >= 11 is 0. The Morgan fingerprint density at radius 1 is 1.21 bits per heavy atom. The molecule has 0 aromatic heterocycles. The molecule has 0 aliphatic heterocycles. The first-order chi connectivity index (χ1) is 6.43. The normalized spacial score (nSPS) is 27.1. The first-order valence-corrected chi connectivity index (χ1v) is 4.66. The number of carbonyl (C=O) groups is 3. The lowest BCUT2D eigenvalue weighted by atomic mass is 9.78. The van der Waals surface area contributed by atoms with Crippen LogP contribution >= 0.6 is 0 Å². The molecule has 76 valence electrons. The van der Waals surface area contributed by atoms with Crippen LogP contribution in [0.1, 0.15) is 27.2 Å². The van der Waals surface area contributed by atoms with E-state index in [9.17, 15) is 14.4 Å². The lowest BCUT2D eigenvalue weighted by Crippen LogP contribution is -2.31. The quantitative estimate of drug-likeness (QED) is 0.623. The van der Waals surface area contributed by atoms with Gasteiger partial charge < -0.3 is 0 Å². The monoisotopic (exact) mass is 194 g/mol. The average molecular weight is 194 g/mol. The van der Waals surface area contributed by atoms with Gasteiger partial charge in [0, 0.05) is 5.92 Å². The molecule has 0 fully saturated rings. The summed E-state index contributed by atoms with van der Waals surface area (Å²) in [6.45, 7) is 4.66. The third kappa shape index (κ3) is 1.97. The van der Waals surface area contributed by atoms with Gasteiger partial charge in [0.1, 0.15) is 11.6 Å². The summed E-state index contributed by atoms with van der Waals surface area (Å²) in [5.41, 5.74) is 0.778. The molecule has 2 atom stereocenters. The fourth-order valence-electron chi connectivity index (χ4n) is 1.82. The average Bonchev–Trinajstić information content (AvgIpc) is 2.02. The van der Waals surface area contributed by atoms with E-state index in [1.165, 1.54) is 19.9 Å². The van der Waals surface area contributed by atoms with E-state index in [2.05, 4.69) is 0 Å². The zero-order valence-corrected chi connectivity index (χ0v) is 8.66. The van der Waals surface area contributed by atoms with E-state index in [1.807, 2.05) is 0 Å². The van der Waals surface area contributed by atoms with E-state index in [0.717, 1.165) is 5.57 Å². The maximum Gasteiger partial charge on any atom is 0.166 e. The van der Waals surface area contributed by atoms with E-state index in [-0.39, 0.29) is 23.3 Å². The van der Waals surface area contributed by atoms with Crippen molar-refractivity contribution in [1.82, 2.24) is 0 Å². The van der Waals surface area contributed by atoms with Crippen LogP contribution in [0.2, 0.25) is 0 Å². The molecule has 0 aromatic carbocycles. The fraction of sp³-hybridized carbons (Fsp3) is 0.545. The maximum atomic E-state index is 11.4. The van der Waals surface area contributed by atoms with Gasteiger partial charge in [-0.05, 0) is 33.3 Å². The van der Waals surface area contributed by atoms with Crippen molar-refractivity contribution in [3.63, 3.8) is 0 Å². The Bertz CT molecular complexity index is 325. The first-order valence-electron chi connectivity index (χ1n) is 4.66. The van der Waals surface area contributed by atoms with Crippen molar-refractivity contribution in [3.05, 3.63) is 11.6 Å². The molecular formula is C11H14O3. The minimum Gasteiger partial charge on any atom is -0.299 e. The molecule has 3 nitrogen and oxygen atoms in total. The standard InChI is InChI=1S/C11H14O3/c1-6-4-11(14)10(8(3)13)5-9(6)7(2)12/h4,9-10H,5H2,1-3H3. The van der Waals surface area contributed by atoms with Crippen LogP contribution in [-0.2, 0) is 14.4 Å². The van der Waals surface area contributed by atoms with Gasteiger partial charge >= 0.3 is 0 Å². The van der Waals surface area contributed by atoms with Crippen LogP contribution in [0.15, 0.2) is 11.6 Å². The molecule has 0 aromatic rings. The minimum absolute atomic E-state index is 0.0255. The smallest absolute Gasteiger partial charge is 0.166 e. The van der Waals surface area contributed by atoms with E-state index in [1.54, 1.807) is 6.92 Å². The Labute approximate surface area is 83.2 Å². The fourth-order valence-corrected chi connectivity index (χ4v) is 1.82. The van der Waals surface area contributed by atoms with Crippen LogP contribution in [0.3, 0.4) is 0 Å². The summed E-state index contributed by atoms with van der Waals surface area (Å²) in [4.78, 5) is 33.7. The zero-order chi connectivity index (χ0) is 10.9. The van der Waals surface area contributed by atoms with Gasteiger partial charge in [-0.3, -0.25) is 14.4 Å². The van der Waals surface area contributed by atoms with Crippen LogP contribution < -0.4 is 0 Å². The first kappa shape index (κ1) is 10.8. The third-order valence-electron chi connectivity index (χ3n) is 2.72. The lowest BCUT2D eigenvalue weighted by Gasteiger charge is -2.23. The molecule has 1 aliphatic carbocycles. The van der Waals surface area contributed by atoms with Gasteiger partial charge in [0.15, 0.2) is 5.78 Å². The predicted octanol–water partition coefficient (Wildman–Crippen LogP) is 1.32. The largest absolute Gasteiger partial charge is 0.299 e. The number of hydrogen-bond donors (Lipinski definition) is 0. The Kier molecular flexibility index (Phi) is 2.99. The summed E-state index contributed by atoms with van der Waals surface area (Å²) in [5, 5.41) is 0. The Morgan fingerprint density at radius 3 is 2.14 bits per heavy atom. The molecule has 0 saturated heterocycles. The second kappa shape index (κ2) is 3.86. The number of rotatable bonds is 2. The molecule has 0 bridgehead atoms. The topological polar surface area (TPSA) is 51.2 Å². The molecule has 0 saturated carbocycles. The molecule has 3 heteroatoms. The van der Waals surface area contributed by atoms with E-state index < -0.39 is 5.92 Å². The van der Waals surface area contributed by atoms with Crippen molar-refractivity contribution < 1.29 is 14.4 Å². The van der Waals surface area contributed by atoms with E-state index >= 15 is 0 Å². The summed E-state index contributed by atoms with van der Waals surface area (Å²) in [6, 6.07) is 0. The molecule has 0 radical (unpaired) electrons. The predicted molar refractivity (Wildman–Crippen MR) is 51.7 cm³/mol. The van der Waals surface area contributed by atoms with E-state index in [0.29, 0.717) is 6.42 Å². The van der Waals surface area contributed by atoms with Crippen LogP contribution in [0.25, 0.3) is 0 Å². The molecule has 1 rings (SSSR count). The molecule has 0 N–H and O–H groups in total. The lowest BCUT2D eigenvalue weighted by molar-refractivity contribution is -0.130. The second-order valence-electron chi connectivity index (χ2n) is 3.85. The summed E-state index contributed by atoms with van der Waals surface area (Å²) in [7, 11) is 0. The Balaban J connectivity index is 2.97. The summed E-state index contributed by atoms with van der Waals surface area (Å²) in [6.07, 6.45) is 1.79. The number of carbonyl (C=O) groups excluding carboxylic acids is 3. The highest BCUT2D eigenvalue weighted by Crippen LogP contribution is 2.28. The van der Waals surface area contributed by atoms with Crippen LogP contribution in [0, 0.1) is 11.8 Å². The highest BCUT2D eigenvalue weighted by Gasteiger charge is 2.32. The maximum absolute atomic E-state index is 11.4. The number of allylic oxidation sites excluding steroid dienone is 2. The molecule has 14 heavy (non-hydrogen) atoms. The number of hydrogen-bond acceptors (Lipinski definition) is 3. The van der Waals surface area contributed by atoms with Gasteiger partial charge in [0.25, 0.3) is 0 Å². The van der Waals surface area contributed by atoms with Crippen molar-refractivity contribution in [1.29, 1.82) is 0 Å². The molecular weight excluding hydrogens is 180 g/mol. The van der Waals surface area contributed by atoms with Gasteiger partial charge in [-0.25, -0.2) is 0 Å². The van der Waals surface area contributed by atoms with Gasteiger partial charge in [-0.15, -0.1) is 0 Å². The number of Topliss-reactive ketones (excluding diaryl/α,β-unsaturated/α-hetero) is 2. The van der Waals surface area contributed by atoms with Crippen molar-refractivity contribution >= 4 is 17.3 Å². The summed E-state index contributed by atoms with van der Waals surface area (Å²) < 4.78 is 0. The van der Waals surface area contributed by atoms with Crippen LogP contribution in [-0.4, -0.2) is 17.3 Å². The SMILES string of the molecule is CC(=O)C1CC(C(C)=O)C(C)=CC1=O. The third-order valence-corrected chi connectivity index (χ3v) is 2.72. The van der Waals surface area contributed by atoms with Gasteiger partial charge in [0.05, 0.1) is 5.92 Å². The molecule has 0 spiro atoms. The van der Waals surface area contributed by atoms with Crippen LogP contribution in [0.4, 0.5) is 0 Å². The highest BCUT2D eigenvalue weighted by atomic mass is 16.2. The Morgan fingerprint density at radius 2 is 1.71 bits per heavy atom. The summed E-state index contributed by atoms with van der Waals surface area (Å²) in [5.74, 6) is -1.13. The van der Waals surface area contributed by atoms with Crippen molar-refractivity contribution in [3.8, 4) is 0 Å². The van der Waals surface area contributed by atoms with E-state index in [4.69, 9.17) is 0 Å². The number of ketones is 3. The van der Waals surface area contributed by atoms with Crippen molar-refractivity contribution in [2.24, 2.45) is 11.8 Å². The molecule has 1 aliphatic rings. The second-order valence-corrected chi connectivity index (χ2v) is 3.85. The molecule has 2 unspecified atom stereocenters. The van der Waals surface area contributed by atoms with Gasteiger partial charge in [-0.2, -0.15) is 0 Å².